The van der Waals surface area contributed by atoms with E-state index in [1.807, 2.05) is 51.2 Å². The van der Waals surface area contributed by atoms with Crippen molar-refractivity contribution in [3.05, 3.63) is 48.7 Å². The van der Waals surface area contributed by atoms with Gasteiger partial charge in [-0.15, -0.1) is 6.58 Å². The molecule has 0 radical (unpaired) electrons. The van der Waals surface area contributed by atoms with Gasteiger partial charge in [-0.05, 0) is 61.1 Å². The first-order valence-electron chi connectivity index (χ1n) is 11.3. The van der Waals surface area contributed by atoms with Gasteiger partial charge in [0.1, 0.15) is 12.4 Å². The van der Waals surface area contributed by atoms with Gasteiger partial charge in [-0.3, -0.25) is 14.7 Å². The number of rotatable bonds is 7. The number of ketones is 1. The Kier molecular flexibility index (Phi) is 6.18. The Labute approximate surface area is 185 Å². The van der Waals surface area contributed by atoms with Crippen LogP contribution in [0.15, 0.2) is 43.1 Å². The molecular formula is C26H34N2O3. The van der Waals surface area contributed by atoms with E-state index in [4.69, 9.17) is 9.47 Å². The van der Waals surface area contributed by atoms with Crippen LogP contribution in [0.25, 0.3) is 10.9 Å². The van der Waals surface area contributed by atoms with Crippen LogP contribution in [-0.2, 0) is 9.53 Å². The fourth-order valence-corrected chi connectivity index (χ4v) is 5.00. The van der Waals surface area contributed by atoms with Gasteiger partial charge < -0.3 is 9.47 Å². The highest BCUT2D eigenvalue weighted by molar-refractivity contribution is 5.85. The second kappa shape index (κ2) is 8.71. The van der Waals surface area contributed by atoms with E-state index in [1.54, 1.807) is 7.11 Å². The quantitative estimate of drug-likeness (QED) is 0.599. The molecule has 4 unspecified atom stereocenters. The molecule has 0 N–H and O–H groups in total. The van der Waals surface area contributed by atoms with Crippen LogP contribution in [0.1, 0.15) is 45.3 Å². The van der Waals surface area contributed by atoms with Crippen LogP contribution in [0.5, 0.6) is 5.75 Å². The smallest absolute Gasteiger partial charge is 0.163 e. The monoisotopic (exact) mass is 422 g/mol. The summed E-state index contributed by atoms with van der Waals surface area (Å²) in [6.45, 7) is 12.1. The SMILES string of the molecule is C=CC1CN2CCC1CC2[C@H](OCC(=O)C(C)(C)C)c1ccnc2ccc(OC)cc12. The maximum absolute atomic E-state index is 12.7. The zero-order valence-electron chi connectivity index (χ0n) is 19.1. The lowest BCUT2D eigenvalue weighted by atomic mass is 9.73. The van der Waals surface area contributed by atoms with E-state index in [0.717, 1.165) is 41.7 Å². The first kappa shape index (κ1) is 22.0. The van der Waals surface area contributed by atoms with E-state index in [9.17, 15) is 4.79 Å². The molecule has 31 heavy (non-hydrogen) atoms. The summed E-state index contributed by atoms with van der Waals surface area (Å²) in [6, 6.07) is 8.22. The molecule has 3 saturated heterocycles. The third-order valence-electron chi connectivity index (χ3n) is 7.02. The zero-order chi connectivity index (χ0) is 22.2. The molecule has 166 valence electrons. The number of hydrogen-bond acceptors (Lipinski definition) is 5. The van der Waals surface area contributed by atoms with Gasteiger partial charge in [0.05, 0.1) is 18.7 Å². The Hall–Kier alpha value is -2.24. The fourth-order valence-electron chi connectivity index (χ4n) is 5.00. The fraction of sp³-hybridized carbons (Fsp3) is 0.538. The van der Waals surface area contributed by atoms with Gasteiger partial charge in [0.2, 0.25) is 0 Å². The van der Waals surface area contributed by atoms with E-state index in [0.29, 0.717) is 11.8 Å². The highest BCUT2D eigenvalue weighted by Crippen LogP contribution is 2.43. The topological polar surface area (TPSA) is 51.7 Å². The zero-order valence-corrected chi connectivity index (χ0v) is 19.1. The standard InChI is InChI=1S/C26H34N2O3/c1-6-17-15-28-12-10-18(17)13-23(28)25(31-16-24(29)26(2,3)4)20-9-11-27-22-8-7-19(30-5)14-21(20)22/h6-9,11,14,17-18,23,25H,1,10,12-13,15-16H2,2-5H3/t17?,18?,23?,25-/m1/s1. The Bertz CT molecular complexity index is 965. The van der Waals surface area contributed by atoms with Crippen molar-refractivity contribution in [3.63, 3.8) is 0 Å². The van der Waals surface area contributed by atoms with Gasteiger partial charge in [-0.2, -0.15) is 0 Å². The number of Topliss-reactive ketones (excluding diaryl/α,β-unsaturated/α-hetero) is 1. The van der Waals surface area contributed by atoms with Gasteiger partial charge in [0, 0.05) is 29.6 Å². The molecule has 0 amide bonds. The average molecular weight is 423 g/mol. The molecule has 1 aromatic heterocycles. The maximum atomic E-state index is 12.7. The minimum atomic E-state index is -0.423. The largest absolute Gasteiger partial charge is 0.497 e. The molecular weight excluding hydrogens is 388 g/mol. The van der Waals surface area contributed by atoms with E-state index < -0.39 is 5.41 Å². The molecule has 5 rings (SSSR count). The Morgan fingerprint density at radius 2 is 2.16 bits per heavy atom. The van der Waals surface area contributed by atoms with E-state index in [2.05, 4.69) is 22.5 Å². The molecule has 2 aromatic rings. The van der Waals surface area contributed by atoms with Gasteiger partial charge in [-0.1, -0.05) is 26.8 Å². The van der Waals surface area contributed by atoms with Gasteiger partial charge in [-0.25, -0.2) is 0 Å². The minimum absolute atomic E-state index is 0.113. The van der Waals surface area contributed by atoms with Crippen molar-refractivity contribution in [3.8, 4) is 5.75 Å². The van der Waals surface area contributed by atoms with E-state index in [-0.39, 0.29) is 24.5 Å². The third-order valence-corrected chi connectivity index (χ3v) is 7.02. The molecule has 3 aliphatic rings. The summed E-state index contributed by atoms with van der Waals surface area (Å²) in [7, 11) is 1.68. The lowest BCUT2D eigenvalue weighted by Crippen LogP contribution is -2.55. The van der Waals surface area contributed by atoms with Crippen LogP contribution in [0.2, 0.25) is 0 Å². The summed E-state index contributed by atoms with van der Waals surface area (Å²) in [5, 5.41) is 1.03. The molecule has 3 aliphatic heterocycles. The van der Waals surface area contributed by atoms with E-state index in [1.165, 1.54) is 6.42 Å². The lowest BCUT2D eigenvalue weighted by molar-refractivity contribution is -0.137. The molecule has 2 bridgehead atoms. The third kappa shape index (κ3) is 4.39. The summed E-state index contributed by atoms with van der Waals surface area (Å²) in [5.74, 6) is 2.08. The predicted molar refractivity (Wildman–Crippen MR) is 123 cm³/mol. The number of hydrogen-bond donors (Lipinski definition) is 0. The number of nitrogens with zero attached hydrogens (tertiary/aromatic N) is 2. The van der Waals surface area contributed by atoms with Crippen molar-refractivity contribution in [2.24, 2.45) is 17.3 Å². The van der Waals surface area contributed by atoms with Crippen molar-refractivity contribution >= 4 is 16.7 Å². The second-order valence-corrected chi connectivity index (χ2v) is 9.93. The average Bonchev–Trinajstić information content (AvgIpc) is 2.78. The van der Waals surface area contributed by atoms with Crippen molar-refractivity contribution in [1.82, 2.24) is 9.88 Å². The van der Waals surface area contributed by atoms with Crippen LogP contribution < -0.4 is 4.74 Å². The number of aromatic nitrogens is 1. The van der Waals surface area contributed by atoms with Gasteiger partial charge >= 0.3 is 0 Å². The number of methoxy groups -OCH3 is 1. The van der Waals surface area contributed by atoms with Crippen LogP contribution in [0.4, 0.5) is 0 Å². The summed E-state index contributed by atoms with van der Waals surface area (Å²) >= 11 is 0. The van der Waals surface area contributed by atoms with Crippen molar-refractivity contribution in [1.29, 1.82) is 0 Å². The Balaban J connectivity index is 1.72. The predicted octanol–water partition coefficient (Wildman–Crippen LogP) is 4.81. The number of piperidine rings is 3. The highest BCUT2D eigenvalue weighted by Gasteiger charge is 2.43. The molecule has 0 spiro atoms. The van der Waals surface area contributed by atoms with Crippen molar-refractivity contribution in [2.45, 2.75) is 45.8 Å². The summed E-state index contributed by atoms with van der Waals surface area (Å²) in [4.78, 5) is 19.8. The normalized spacial score (nSPS) is 26.6. The maximum Gasteiger partial charge on any atom is 0.163 e. The molecule has 1 aromatic carbocycles. The van der Waals surface area contributed by atoms with Crippen LogP contribution in [-0.4, -0.2) is 48.5 Å². The van der Waals surface area contributed by atoms with Crippen molar-refractivity contribution in [2.75, 3.05) is 26.8 Å². The number of fused-ring (bicyclic) bond motifs is 4. The number of carbonyl (C=O) groups is 1. The molecule has 5 nitrogen and oxygen atoms in total. The van der Waals surface area contributed by atoms with Crippen LogP contribution in [0, 0.1) is 17.3 Å². The van der Waals surface area contributed by atoms with Crippen LogP contribution >= 0.6 is 0 Å². The number of pyridine rings is 1. The van der Waals surface area contributed by atoms with Gasteiger partial charge in [0.25, 0.3) is 0 Å². The summed E-state index contributed by atoms with van der Waals surface area (Å²) < 4.78 is 12.0. The minimum Gasteiger partial charge on any atom is -0.497 e. The first-order valence-corrected chi connectivity index (χ1v) is 11.3. The highest BCUT2D eigenvalue weighted by atomic mass is 16.5. The molecule has 4 heterocycles. The molecule has 0 saturated carbocycles. The summed E-state index contributed by atoms with van der Waals surface area (Å²) in [6.07, 6.45) is 6.01. The summed E-state index contributed by atoms with van der Waals surface area (Å²) in [5.41, 5.74) is 1.57. The van der Waals surface area contributed by atoms with Gasteiger partial charge in [0.15, 0.2) is 5.78 Å². The molecule has 5 heteroatoms. The Morgan fingerprint density at radius 3 is 2.81 bits per heavy atom. The Morgan fingerprint density at radius 1 is 1.35 bits per heavy atom. The number of ether oxygens (including phenoxy) is 2. The number of carbonyl (C=O) groups excluding carboxylic acids is 1. The van der Waals surface area contributed by atoms with Crippen molar-refractivity contribution < 1.29 is 14.3 Å². The van der Waals surface area contributed by atoms with Crippen LogP contribution in [0.3, 0.4) is 0 Å². The first-order chi connectivity index (χ1) is 14.8. The second-order valence-electron chi connectivity index (χ2n) is 9.93. The van der Waals surface area contributed by atoms with E-state index >= 15 is 0 Å². The number of benzene rings is 1. The molecule has 0 aliphatic carbocycles. The molecule has 5 atom stereocenters. The molecule has 3 fully saturated rings. The lowest BCUT2D eigenvalue weighted by Gasteiger charge is -2.51.